The van der Waals surface area contributed by atoms with Crippen LogP contribution in [0.15, 0.2) is 36.4 Å². The fourth-order valence-corrected chi connectivity index (χ4v) is 3.54. The summed E-state index contributed by atoms with van der Waals surface area (Å²) >= 11 is 13.1. The van der Waals surface area contributed by atoms with Crippen molar-refractivity contribution in [3.05, 3.63) is 58.0 Å². The predicted octanol–water partition coefficient (Wildman–Crippen LogP) is 4.87. The van der Waals surface area contributed by atoms with Crippen LogP contribution in [0.3, 0.4) is 0 Å². The van der Waals surface area contributed by atoms with Crippen LogP contribution >= 0.6 is 23.2 Å². The average molecular weight is 343 g/mol. The molecule has 4 aromatic rings. The monoisotopic (exact) mass is 342 g/mol. The van der Waals surface area contributed by atoms with Crippen LogP contribution in [0.4, 0.5) is 0 Å². The highest BCUT2D eigenvalue weighted by Gasteiger charge is 2.19. The van der Waals surface area contributed by atoms with Gasteiger partial charge in [-0.2, -0.15) is 9.61 Å². The van der Waals surface area contributed by atoms with Gasteiger partial charge in [0.25, 0.3) is 0 Å². The molecule has 0 saturated heterocycles. The number of rotatable bonds is 1. The fourth-order valence-electron chi connectivity index (χ4n) is 2.79. The van der Waals surface area contributed by atoms with Gasteiger partial charge in [0, 0.05) is 11.6 Å². The maximum atomic E-state index is 6.69. The third kappa shape index (κ3) is 2.18. The number of fused-ring (bicyclic) bond motifs is 3. The highest BCUT2D eigenvalue weighted by molar-refractivity contribution is 6.42. The van der Waals surface area contributed by atoms with E-state index in [1.165, 1.54) is 0 Å². The summed E-state index contributed by atoms with van der Waals surface area (Å²) in [7, 11) is 0. The van der Waals surface area contributed by atoms with Gasteiger partial charge in [0.2, 0.25) is 0 Å². The van der Waals surface area contributed by atoms with Crippen LogP contribution in [0.1, 0.15) is 11.4 Å². The van der Waals surface area contributed by atoms with Gasteiger partial charge in [-0.05, 0) is 19.4 Å². The first-order valence-corrected chi connectivity index (χ1v) is 7.89. The molecule has 114 valence electrons. The van der Waals surface area contributed by atoms with E-state index in [-0.39, 0.29) is 0 Å². The summed E-state index contributed by atoms with van der Waals surface area (Å²) in [5.41, 5.74) is 4.67. The number of aryl methyl sites for hydroxylation is 2. The van der Waals surface area contributed by atoms with E-state index in [2.05, 4.69) is 15.1 Å². The molecule has 0 N–H and O–H groups in total. The maximum absolute atomic E-state index is 6.69. The number of pyridine rings is 1. The molecule has 0 aliphatic rings. The molecule has 0 radical (unpaired) electrons. The minimum absolute atomic E-state index is 0.355. The molecule has 0 bridgehead atoms. The van der Waals surface area contributed by atoms with Gasteiger partial charge >= 0.3 is 0 Å². The molecule has 0 unspecified atom stereocenters. The summed E-state index contributed by atoms with van der Waals surface area (Å²) in [6.45, 7) is 3.83. The lowest BCUT2D eigenvalue weighted by molar-refractivity contribution is 0.934. The van der Waals surface area contributed by atoms with Gasteiger partial charge in [0.05, 0.1) is 21.8 Å². The van der Waals surface area contributed by atoms with E-state index in [4.69, 9.17) is 23.2 Å². The van der Waals surface area contributed by atoms with E-state index in [1.54, 1.807) is 4.52 Å². The molecule has 0 atom stereocenters. The second-order valence-corrected chi connectivity index (χ2v) is 6.15. The van der Waals surface area contributed by atoms with Crippen LogP contribution in [0.2, 0.25) is 10.2 Å². The van der Waals surface area contributed by atoms with E-state index in [0.717, 1.165) is 33.5 Å². The molecule has 0 aliphatic carbocycles. The van der Waals surface area contributed by atoms with Crippen LogP contribution in [0, 0.1) is 13.8 Å². The molecule has 4 rings (SSSR count). The molecule has 3 heterocycles. The second kappa shape index (κ2) is 5.18. The Morgan fingerprint density at radius 3 is 2.48 bits per heavy atom. The Balaban J connectivity index is 2.17. The van der Waals surface area contributed by atoms with Crippen molar-refractivity contribution in [3.8, 4) is 11.1 Å². The minimum atomic E-state index is 0.355. The molecular formula is C17H12Cl2N4. The average Bonchev–Trinajstić information content (AvgIpc) is 2.88. The Hall–Kier alpha value is -2.17. The zero-order chi connectivity index (χ0) is 16.1. The summed E-state index contributed by atoms with van der Waals surface area (Å²) in [5, 5.41) is 6.11. The van der Waals surface area contributed by atoms with Crippen molar-refractivity contribution in [2.24, 2.45) is 0 Å². The van der Waals surface area contributed by atoms with Gasteiger partial charge in [-0.3, -0.25) is 0 Å². The molecule has 1 aromatic carbocycles. The van der Waals surface area contributed by atoms with Gasteiger partial charge in [0.15, 0.2) is 11.3 Å². The van der Waals surface area contributed by atoms with Crippen LogP contribution in [0.5, 0.6) is 0 Å². The smallest absolute Gasteiger partial charge is 0.168 e. The van der Waals surface area contributed by atoms with Gasteiger partial charge in [-0.15, -0.1) is 0 Å². The molecule has 23 heavy (non-hydrogen) atoms. The highest BCUT2D eigenvalue weighted by Crippen LogP contribution is 2.39. The van der Waals surface area contributed by atoms with E-state index in [0.29, 0.717) is 15.8 Å². The van der Waals surface area contributed by atoms with Crippen LogP contribution in [0.25, 0.3) is 27.8 Å². The molecule has 0 fully saturated rings. The summed E-state index contributed by atoms with van der Waals surface area (Å²) in [6, 6.07) is 11.7. The van der Waals surface area contributed by atoms with Gasteiger partial charge < -0.3 is 0 Å². The number of halogens is 2. The summed E-state index contributed by atoms with van der Waals surface area (Å²) in [5.74, 6) is 0. The molecule has 0 aliphatic heterocycles. The zero-order valence-electron chi connectivity index (χ0n) is 12.5. The Bertz CT molecular complexity index is 1060. The molecule has 6 heteroatoms. The Morgan fingerprint density at radius 1 is 1.00 bits per heavy atom. The van der Waals surface area contributed by atoms with Gasteiger partial charge in [0.1, 0.15) is 5.15 Å². The first kappa shape index (κ1) is 14.4. The third-order valence-electron chi connectivity index (χ3n) is 3.79. The van der Waals surface area contributed by atoms with Crippen molar-refractivity contribution >= 4 is 39.9 Å². The normalized spacial score (nSPS) is 11.5. The van der Waals surface area contributed by atoms with Gasteiger partial charge in [-0.25, -0.2) is 9.97 Å². The standard InChI is InChI=1S/C17H12Cl2N4/c1-9-8-12-20-10(2)13-15(18)14(11-6-4-3-5-7-11)16(19)21-17(13)23(12)22-9/h3-8H,1-2H3. The van der Waals surface area contributed by atoms with Crippen molar-refractivity contribution < 1.29 is 0 Å². The van der Waals surface area contributed by atoms with Crippen molar-refractivity contribution in [3.63, 3.8) is 0 Å². The van der Waals surface area contributed by atoms with Crippen LogP contribution < -0.4 is 0 Å². The largest absolute Gasteiger partial charge is 0.233 e. The molecule has 0 saturated carbocycles. The van der Waals surface area contributed by atoms with E-state index >= 15 is 0 Å². The topological polar surface area (TPSA) is 43.1 Å². The van der Waals surface area contributed by atoms with E-state index < -0.39 is 0 Å². The molecule has 0 spiro atoms. The second-order valence-electron chi connectivity index (χ2n) is 5.41. The lowest BCUT2D eigenvalue weighted by Crippen LogP contribution is -2.01. The summed E-state index contributed by atoms with van der Waals surface area (Å²) in [4.78, 5) is 9.14. The third-order valence-corrected chi connectivity index (χ3v) is 4.44. The number of benzene rings is 1. The van der Waals surface area contributed by atoms with Crippen molar-refractivity contribution in [2.75, 3.05) is 0 Å². The fraction of sp³-hybridized carbons (Fsp3) is 0.118. The van der Waals surface area contributed by atoms with Crippen LogP contribution in [-0.2, 0) is 0 Å². The number of nitrogens with zero attached hydrogens (tertiary/aromatic N) is 4. The van der Waals surface area contributed by atoms with Gasteiger partial charge in [-0.1, -0.05) is 53.5 Å². The first-order chi connectivity index (χ1) is 11.1. The molecule has 3 aromatic heterocycles. The zero-order valence-corrected chi connectivity index (χ0v) is 14.0. The molecule has 4 nitrogen and oxygen atoms in total. The number of hydrogen-bond acceptors (Lipinski definition) is 3. The van der Waals surface area contributed by atoms with Crippen molar-refractivity contribution in [2.45, 2.75) is 13.8 Å². The Kier molecular flexibility index (Phi) is 3.25. The summed E-state index contributed by atoms with van der Waals surface area (Å²) in [6.07, 6.45) is 0. The SMILES string of the molecule is Cc1cc2nc(C)c3c(Cl)c(-c4ccccc4)c(Cl)nc3n2n1. The first-order valence-electron chi connectivity index (χ1n) is 7.13. The number of hydrogen-bond donors (Lipinski definition) is 0. The lowest BCUT2D eigenvalue weighted by atomic mass is 10.1. The minimum Gasteiger partial charge on any atom is -0.233 e. The van der Waals surface area contributed by atoms with Crippen molar-refractivity contribution in [1.82, 2.24) is 19.6 Å². The number of aromatic nitrogens is 4. The summed E-state index contributed by atoms with van der Waals surface area (Å²) < 4.78 is 1.68. The predicted molar refractivity (Wildman–Crippen MR) is 93.2 cm³/mol. The van der Waals surface area contributed by atoms with Crippen LogP contribution in [-0.4, -0.2) is 19.6 Å². The Morgan fingerprint density at radius 2 is 1.74 bits per heavy atom. The van der Waals surface area contributed by atoms with Crippen molar-refractivity contribution in [1.29, 1.82) is 0 Å². The van der Waals surface area contributed by atoms with E-state index in [9.17, 15) is 0 Å². The maximum Gasteiger partial charge on any atom is 0.168 e. The van der Waals surface area contributed by atoms with E-state index in [1.807, 2.05) is 50.2 Å². The molecule has 0 amide bonds. The Labute approximate surface area is 142 Å². The molecular weight excluding hydrogens is 331 g/mol. The highest BCUT2D eigenvalue weighted by atomic mass is 35.5. The quantitative estimate of drug-likeness (QED) is 0.463. The lowest BCUT2D eigenvalue weighted by Gasteiger charge is -2.12.